The van der Waals surface area contributed by atoms with Gasteiger partial charge >= 0.3 is 0 Å². The van der Waals surface area contributed by atoms with Crippen molar-refractivity contribution < 1.29 is 8.78 Å². The number of benzene rings is 1. The lowest BCUT2D eigenvalue weighted by atomic mass is 9.94. The maximum absolute atomic E-state index is 15.1. The van der Waals surface area contributed by atoms with Crippen molar-refractivity contribution in [2.75, 3.05) is 5.32 Å². The first-order valence-electron chi connectivity index (χ1n) is 10.4. The molecule has 0 aliphatic heterocycles. The summed E-state index contributed by atoms with van der Waals surface area (Å²) in [6.07, 6.45) is 2.76. The number of hydrogen-bond acceptors (Lipinski definition) is 4. The minimum atomic E-state index is -0.570. The molecular formula is C26H32F2N4. The molecule has 1 atom stereocenters. The molecule has 0 radical (unpaired) electrons. The molecule has 0 spiro atoms. The van der Waals surface area contributed by atoms with Crippen molar-refractivity contribution in [1.82, 2.24) is 10.3 Å². The lowest BCUT2D eigenvalue weighted by Gasteiger charge is -2.25. The van der Waals surface area contributed by atoms with Crippen molar-refractivity contribution in [1.29, 1.82) is 0 Å². The van der Waals surface area contributed by atoms with Crippen molar-refractivity contribution >= 4 is 5.69 Å². The zero-order valence-electron chi connectivity index (χ0n) is 19.4. The van der Waals surface area contributed by atoms with Crippen LogP contribution in [-0.2, 0) is 0 Å². The van der Waals surface area contributed by atoms with Gasteiger partial charge in [-0.2, -0.15) is 0 Å². The van der Waals surface area contributed by atoms with Crippen LogP contribution in [0.1, 0.15) is 43.6 Å². The molecule has 2 aromatic rings. The molecule has 0 saturated heterocycles. The normalized spacial score (nSPS) is 13.4. The Labute approximate surface area is 189 Å². The molecule has 0 aliphatic carbocycles. The Morgan fingerprint density at radius 3 is 2.44 bits per heavy atom. The second-order valence-electron chi connectivity index (χ2n) is 8.23. The van der Waals surface area contributed by atoms with Crippen molar-refractivity contribution in [3.63, 3.8) is 0 Å². The predicted octanol–water partition coefficient (Wildman–Crippen LogP) is 6.35. The fraction of sp³-hybridized carbons (Fsp3) is 0.269. The van der Waals surface area contributed by atoms with E-state index in [9.17, 15) is 4.39 Å². The highest BCUT2D eigenvalue weighted by atomic mass is 19.1. The van der Waals surface area contributed by atoms with E-state index in [-0.39, 0.29) is 23.4 Å². The van der Waals surface area contributed by atoms with Crippen LogP contribution in [0.25, 0.3) is 0 Å². The standard InChI is InChI=1S/C26H32F2N4/c1-15(2)26(21-10-8-9-16(3)11-21)32-20(7)25(28)13-23(17(4)29)18(5)31-22-12-24(27)19(6)30-14-22/h8-15,26,31-32H,4,7,29H2,1-3,5-6H3/b23-18-,25-13+. The highest BCUT2D eigenvalue weighted by molar-refractivity contribution is 5.53. The molecule has 0 bridgehead atoms. The molecule has 0 amide bonds. The predicted molar refractivity (Wildman–Crippen MR) is 129 cm³/mol. The van der Waals surface area contributed by atoms with E-state index in [2.05, 4.69) is 48.7 Å². The number of pyridine rings is 1. The molecule has 1 aromatic heterocycles. The van der Waals surface area contributed by atoms with Gasteiger partial charge in [0.2, 0.25) is 0 Å². The number of aromatic nitrogens is 1. The molecule has 4 nitrogen and oxygen atoms in total. The van der Waals surface area contributed by atoms with Gasteiger partial charge in [-0.3, -0.25) is 4.98 Å². The van der Waals surface area contributed by atoms with E-state index in [0.29, 0.717) is 22.7 Å². The summed E-state index contributed by atoms with van der Waals surface area (Å²) in [5, 5.41) is 6.20. The number of hydrogen-bond donors (Lipinski definition) is 3. The van der Waals surface area contributed by atoms with Crippen LogP contribution in [0.5, 0.6) is 0 Å². The Hall–Kier alpha value is -3.41. The van der Waals surface area contributed by atoms with Crippen LogP contribution in [0.15, 0.2) is 84.3 Å². The van der Waals surface area contributed by atoms with E-state index in [4.69, 9.17) is 5.73 Å². The Bertz CT molecular complexity index is 1070. The highest BCUT2D eigenvalue weighted by Crippen LogP contribution is 2.26. The number of rotatable bonds is 9. The van der Waals surface area contributed by atoms with Crippen LogP contribution >= 0.6 is 0 Å². The third-order valence-electron chi connectivity index (χ3n) is 5.06. The van der Waals surface area contributed by atoms with Gasteiger partial charge in [0.25, 0.3) is 0 Å². The van der Waals surface area contributed by atoms with Gasteiger partial charge in [0.05, 0.1) is 29.3 Å². The molecule has 0 saturated carbocycles. The smallest absolute Gasteiger partial charge is 0.146 e. The van der Waals surface area contributed by atoms with E-state index in [1.807, 2.05) is 25.1 Å². The molecule has 170 valence electrons. The molecule has 32 heavy (non-hydrogen) atoms. The molecule has 4 N–H and O–H groups in total. The fourth-order valence-electron chi connectivity index (χ4n) is 3.27. The van der Waals surface area contributed by atoms with Crippen molar-refractivity contribution in [2.24, 2.45) is 11.7 Å². The van der Waals surface area contributed by atoms with Gasteiger partial charge in [0.15, 0.2) is 0 Å². The third-order valence-corrected chi connectivity index (χ3v) is 5.06. The number of halogens is 2. The van der Waals surface area contributed by atoms with E-state index in [1.54, 1.807) is 13.8 Å². The largest absolute Gasteiger partial charge is 0.399 e. The van der Waals surface area contributed by atoms with Gasteiger partial charge in [0.1, 0.15) is 11.6 Å². The van der Waals surface area contributed by atoms with Crippen molar-refractivity contribution in [3.8, 4) is 0 Å². The van der Waals surface area contributed by atoms with Gasteiger partial charge in [-0.05, 0) is 38.3 Å². The first-order valence-corrected chi connectivity index (χ1v) is 10.4. The monoisotopic (exact) mass is 438 g/mol. The molecule has 2 rings (SSSR count). The number of anilines is 1. The number of aryl methyl sites for hydroxylation is 2. The Morgan fingerprint density at radius 1 is 1.19 bits per heavy atom. The Morgan fingerprint density at radius 2 is 1.88 bits per heavy atom. The van der Waals surface area contributed by atoms with Gasteiger partial charge in [-0.15, -0.1) is 0 Å². The van der Waals surface area contributed by atoms with E-state index >= 15 is 4.39 Å². The SMILES string of the molecule is C=C(N)C(/C=C(/F)C(=C)NC(c1cccc(C)c1)C(C)C)=C(/C)Nc1cnc(C)c(F)c1. The molecule has 1 heterocycles. The van der Waals surface area contributed by atoms with Gasteiger partial charge in [-0.1, -0.05) is 56.8 Å². The van der Waals surface area contributed by atoms with Gasteiger partial charge in [0, 0.05) is 23.0 Å². The summed E-state index contributed by atoms with van der Waals surface area (Å²) >= 11 is 0. The summed E-state index contributed by atoms with van der Waals surface area (Å²) in [4.78, 5) is 3.98. The quantitative estimate of drug-likeness (QED) is 0.399. The lowest BCUT2D eigenvalue weighted by Crippen LogP contribution is -2.25. The minimum Gasteiger partial charge on any atom is -0.399 e. The van der Waals surface area contributed by atoms with Gasteiger partial charge < -0.3 is 16.4 Å². The first-order chi connectivity index (χ1) is 15.0. The number of nitrogens with one attached hydrogen (secondary N) is 2. The van der Waals surface area contributed by atoms with Crippen molar-refractivity contribution in [2.45, 2.75) is 40.7 Å². The molecular weight excluding hydrogens is 406 g/mol. The Kier molecular flexibility index (Phi) is 8.35. The third kappa shape index (κ3) is 6.54. The average molecular weight is 439 g/mol. The number of allylic oxidation sites excluding steroid dienone is 3. The van der Waals surface area contributed by atoms with E-state index in [1.165, 1.54) is 18.3 Å². The highest BCUT2D eigenvalue weighted by Gasteiger charge is 2.18. The van der Waals surface area contributed by atoms with Crippen LogP contribution in [0.4, 0.5) is 14.5 Å². The summed E-state index contributed by atoms with van der Waals surface area (Å²) < 4.78 is 28.9. The molecule has 6 heteroatoms. The second kappa shape index (κ2) is 10.8. The van der Waals surface area contributed by atoms with Crippen molar-refractivity contribution in [3.05, 3.63) is 107 Å². The summed E-state index contributed by atoms with van der Waals surface area (Å²) in [5.74, 6) is -0.807. The van der Waals surface area contributed by atoms with Gasteiger partial charge in [-0.25, -0.2) is 8.78 Å². The lowest BCUT2D eigenvalue weighted by molar-refractivity contribution is 0.439. The zero-order chi connectivity index (χ0) is 24.0. The zero-order valence-corrected chi connectivity index (χ0v) is 19.4. The maximum Gasteiger partial charge on any atom is 0.146 e. The molecule has 0 fully saturated rings. The Balaban J connectivity index is 2.28. The average Bonchev–Trinajstić information content (AvgIpc) is 2.71. The van der Waals surface area contributed by atoms with Crippen LogP contribution in [0, 0.1) is 25.6 Å². The molecule has 1 unspecified atom stereocenters. The number of nitrogens with zero attached hydrogens (tertiary/aromatic N) is 1. The first kappa shape index (κ1) is 24.9. The maximum atomic E-state index is 15.1. The number of nitrogens with two attached hydrogens (primary N) is 1. The van der Waals surface area contributed by atoms with Crippen LogP contribution in [0.3, 0.4) is 0 Å². The minimum absolute atomic E-state index is 0.115. The van der Waals surface area contributed by atoms with E-state index < -0.39 is 11.6 Å². The van der Waals surface area contributed by atoms with E-state index in [0.717, 1.165) is 11.1 Å². The fourth-order valence-corrected chi connectivity index (χ4v) is 3.27. The summed E-state index contributed by atoms with van der Waals surface area (Å²) in [6.45, 7) is 17.0. The summed E-state index contributed by atoms with van der Waals surface area (Å²) in [7, 11) is 0. The second-order valence-corrected chi connectivity index (χ2v) is 8.23. The molecule has 0 aliphatic rings. The summed E-state index contributed by atoms with van der Waals surface area (Å²) in [5.41, 5.74) is 9.97. The van der Waals surface area contributed by atoms with Crippen LogP contribution in [-0.4, -0.2) is 4.98 Å². The van der Waals surface area contributed by atoms with Crippen LogP contribution < -0.4 is 16.4 Å². The topological polar surface area (TPSA) is 63.0 Å². The summed E-state index contributed by atoms with van der Waals surface area (Å²) in [6, 6.07) is 9.28. The molecule has 1 aromatic carbocycles. The van der Waals surface area contributed by atoms with Crippen LogP contribution in [0.2, 0.25) is 0 Å².